The average molecular weight is 260 g/mol. The monoisotopic (exact) mass is 260 g/mol. The van der Waals surface area contributed by atoms with Crippen molar-refractivity contribution >= 4 is 11.9 Å². The fraction of sp³-hybridized carbons (Fsp3) is 0.154. The molecule has 0 fully saturated rings. The largest absolute Gasteiger partial charge is 0.478 e. The number of nitrogens with zero attached hydrogens (tertiary/aromatic N) is 2. The van der Waals surface area contributed by atoms with E-state index in [0.717, 1.165) is 5.56 Å². The molecule has 1 heterocycles. The number of methoxy groups -OCH3 is 1. The van der Waals surface area contributed by atoms with Gasteiger partial charge in [-0.15, -0.1) is 0 Å². The third kappa shape index (κ3) is 2.98. The van der Waals surface area contributed by atoms with Crippen LogP contribution < -0.4 is 0 Å². The number of carboxylic acid groups (broad SMARTS) is 1. The fourth-order valence-electron chi connectivity index (χ4n) is 1.61. The molecule has 0 aliphatic heterocycles. The Morgan fingerprint density at radius 2 is 1.95 bits per heavy atom. The molecule has 0 amide bonds. The van der Waals surface area contributed by atoms with Gasteiger partial charge in [0.1, 0.15) is 0 Å². The van der Waals surface area contributed by atoms with Gasteiger partial charge in [0, 0.05) is 6.20 Å². The third-order valence-corrected chi connectivity index (χ3v) is 2.60. The SMILES string of the molecule is COC(=O)c1cnn(Cc2ccc(C(=O)O)cc2)c1. The number of esters is 1. The van der Waals surface area contributed by atoms with Crippen molar-refractivity contribution in [3.8, 4) is 0 Å². The first-order valence-corrected chi connectivity index (χ1v) is 5.53. The summed E-state index contributed by atoms with van der Waals surface area (Å²) in [6.07, 6.45) is 3.01. The normalized spacial score (nSPS) is 10.2. The molecule has 1 aromatic carbocycles. The highest BCUT2D eigenvalue weighted by Crippen LogP contribution is 2.07. The van der Waals surface area contributed by atoms with Crippen LogP contribution in [0.3, 0.4) is 0 Å². The molecule has 0 unspecified atom stereocenters. The molecule has 98 valence electrons. The molecule has 2 aromatic rings. The van der Waals surface area contributed by atoms with E-state index < -0.39 is 11.9 Å². The Kier molecular flexibility index (Phi) is 3.61. The first-order chi connectivity index (χ1) is 9.10. The number of aromatic nitrogens is 2. The van der Waals surface area contributed by atoms with Crippen molar-refractivity contribution in [1.29, 1.82) is 0 Å². The predicted octanol–water partition coefficient (Wildman–Crippen LogP) is 1.42. The van der Waals surface area contributed by atoms with Crippen LogP contribution in [0.5, 0.6) is 0 Å². The van der Waals surface area contributed by atoms with Gasteiger partial charge in [-0.25, -0.2) is 9.59 Å². The Balaban J connectivity index is 2.10. The number of carboxylic acids is 1. The van der Waals surface area contributed by atoms with Gasteiger partial charge < -0.3 is 9.84 Å². The first kappa shape index (κ1) is 12.8. The highest BCUT2D eigenvalue weighted by molar-refractivity contribution is 5.88. The minimum Gasteiger partial charge on any atom is -0.478 e. The van der Waals surface area contributed by atoms with E-state index in [9.17, 15) is 9.59 Å². The van der Waals surface area contributed by atoms with Gasteiger partial charge in [-0.05, 0) is 17.7 Å². The van der Waals surface area contributed by atoms with Crippen molar-refractivity contribution in [1.82, 2.24) is 9.78 Å². The summed E-state index contributed by atoms with van der Waals surface area (Å²) in [6, 6.07) is 6.48. The minimum absolute atomic E-state index is 0.236. The van der Waals surface area contributed by atoms with Gasteiger partial charge in [-0.3, -0.25) is 4.68 Å². The van der Waals surface area contributed by atoms with Crippen molar-refractivity contribution in [3.63, 3.8) is 0 Å². The quantitative estimate of drug-likeness (QED) is 0.841. The van der Waals surface area contributed by atoms with Crippen molar-refractivity contribution < 1.29 is 19.4 Å². The van der Waals surface area contributed by atoms with Crippen LogP contribution in [0.4, 0.5) is 0 Å². The number of hydrogen-bond donors (Lipinski definition) is 1. The second kappa shape index (κ2) is 5.34. The number of ether oxygens (including phenoxy) is 1. The summed E-state index contributed by atoms with van der Waals surface area (Å²) in [5.41, 5.74) is 1.51. The van der Waals surface area contributed by atoms with Crippen LogP contribution in [0.1, 0.15) is 26.3 Å². The summed E-state index contributed by atoms with van der Waals surface area (Å²) in [6.45, 7) is 0.455. The lowest BCUT2D eigenvalue weighted by Gasteiger charge is -2.02. The van der Waals surface area contributed by atoms with Gasteiger partial charge in [0.05, 0.1) is 31.0 Å². The maximum atomic E-state index is 11.3. The molecule has 1 N–H and O–H groups in total. The van der Waals surface area contributed by atoms with E-state index in [1.807, 2.05) is 0 Å². The molecule has 0 saturated heterocycles. The van der Waals surface area contributed by atoms with E-state index >= 15 is 0 Å². The number of hydrogen-bond acceptors (Lipinski definition) is 4. The maximum absolute atomic E-state index is 11.3. The topological polar surface area (TPSA) is 81.4 Å². The second-order valence-electron chi connectivity index (χ2n) is 3.92. The van der Waals surface area contributed by atoms with Crippen molar-refractivity contribution in [2.75, 3.05) is 7.11 Å². The number of carbonyl (C=O) groups excluding carboxylic acids is 1. The zero-order chi connectivity index (χ0) is 13.8. The molecule has 19 heavy (non-hydrogen) atoms. The van der Waals surface area contributed by atoms with Gasteiger partial charge in [-0.2, -0.15) is 5.10 Å². The second-order valence-corrected chi connectivity index (χ2v) is 3.92. The zero-order valence-electron chi connectivity index (χ0n) is 10.2. The Morgan fingerprint density at radius 1 is 1.26 bits per heavy atom. The van der Waals surface area contributed by atoms with Gasteiger partial charge in [0.25, 0.3) is 0 Å². The maximum Gasteiger partial charge on any atom is 0.341 e. The smallest absolute Gasteiger partial charge is 0.341 e. The van der Waals surface area contributed by atoms with Gasteiger partial charge in [0.2, 0.25) is 0 Å². The molecule has 0 aliphatic carbocycles. The Labute approximate surface area is 109 Å². The molecule has 0 aliphatic rings. The summed E-state index contributed by atoms with van der Waals surface area (Å²) in [4.78, 5) is 22.0. The molecule has 6 heteroatoms. The lowest BCUT2D eigenvalue weighted by atomic mass is 10.1. The fourth-order valence-corrected chi connectivity index (χ4v) is 1.61. The van der Waals surface area contributed by atoms with Gasteiger partial charge in [0.15, 0.2) is 0 Å². The van der Waals surface area contributed by atoms with E-state index in [1.54, 1.807) is 23.0 Å². The van der Waals surface area contributed by atoms with Crippen LogP contribution in [-0.4, -0.2) is 33.9 Å². The molecule has 0 spiro atoms. The van der Waals surface area contributed by atoms with Crippen molar-refractivity contribution in [2.45, 2.75) is 6.54 Å². The van der Waals surface area contributed by atoms with E-state index in [4.69, 9.17) is 5.11 Å². The summed E-state index contributed by atoms with van der Waals surface area (Å²) in [7, 11) is 1.31. The van der Waals surface area contributed by atoms with Crippen LogP contribution in [0.15, 0.2) is 36.7 Å². The molecular formula is C13H12N2O4. The Bertz CT molecular complexity index is 601. The standard InChI is InChI=1S/C13H12N2O4/c1-19-13(18)11-6-14-15(8-11)7-9-2-4-10(5-3-9)12(16)17/h2-6,8H,7H2,1H3,(H,16,17). The van der Waals surface area contributed by atoms with Gasteiger partial charge in [-0.1, -0.05) is 12.1 Å². The number of carbonyl (C=O) groups is 2. The van der Waals surface area contributed by atoms with Crippen LogP contribution in [0.2, 0.25) is 0 Å². The third-order valence-electron chi connectivity index (χ3n) is 2.60. The molecule has 0 bridgehead atoms. The lowest BCUT2D eigenvalue weighted by molar-refractivity contribution is 0.0599. The number of rotatable bonds is 4. The first-order valence-electron chi connectivity index (χ1n) is 5.53. The van der Waals surface area contributed by atoms with Crippen LogP contribution in [0.25, 0.3) is 0 Å². The average Bonchev–Trinajstić information content (AvgIpc) is 2.87. The lowest BCUT2D eigenvalue weighted by Crippen LogP contribution is -2.02. The summed E-state index contributed by atoms with van der Waals surface area (Å²) in [5.74, 6) is -1.40. The van der Waals surface area contributed by atoms with Crippen LogP contribution >= 0.6 is 0 Å². The van der Waals surface area contributed by atoms with Gasteiger partial charge >= 0.3 is 11.9 Å². The van der Waals surface area contributed by atoms with Crippen LogP contribution in [0, 0.1) is 0 Å². The number of aromatic carboxylic acids is 1. The van der Waals surface area contributed by atoms with E-state index in [1.165, 1.54) is 25.4 Å². The van der Waals surface area contributed by atoms with Crippen LogP contribution in [-0.2, 0) is 11.3 Å². The number of benzene rings is 1. The molecule has 1 aromatic heterocycles. The Hall–Kier alpha value is -2.63. The Morgan fingerprint density at radius 3 is 2.53 bits per heavy atom. The molecule has 0 radical (unpaired) electrons. The highest BCUT2D eigenvalue weighted by Gasteiger charge is 2.08. The summed E-state index contributed by atoms with van der Waals surface area (Å²) >= 11 is 0. The summed E-state index contributed by atoms with van der Waals surface area (Å²) in [5, 5.41) is 12.8. The minimum atomic E-state index is -0.960. The predicted molar refractivity (Wildman–Crippen MR) is 66.1 cm³/mol. The van der Waals surface area contributed by atoms with E-state index in [-0.39, 0.29) is 5.56 Å². The molecule has 6 nitrogen and oxygen atoms in total. The van der Waals surface area contributed by atoms with E-state index in [0.29, 0.717) is 12.1 Å². The van der Waals surface area contributed by atoms with E-state index in [2.05, 4.69) is 9.84 Å². The molecule has 0 atom stereocenters. The van der Waals surface area contributed by atoms with Crippen molar-refractivity contribution in [2.24, 2.45) is 0 Å². The molecule has 0 saturated carbocycles. The molecule has 2 rings (SSSR count). The van der Waals surface area contributed by atoms with Crippen molar-refractivity contribution in [3.05, 3.63) is 53.3 Å². The molecular weight excluding hydrogens is 248 g/mol. The summed E-state index contributed by atoms with van der Waals surface area (Å²) < 4.78 is 6.17. The highest BCUT2D eigenvalue weighted by atomic mass is 16.5. The zero-order valence-corrected chi connectivity index (χ0v) is 10.2.